The van der Waals surface area contributed by atoms with Crippen LogP contribution in [0.4, 0.5) is 0 Å². The van der Waals surface area contributed by atoms with Crippen LogP contribution in [0.25, 0.3) is 0 Å². The fourth-order valence-corrected chi connectivity index (χ4v) is 2.49. The van der Waals surface area contributed by atoms with Crippen molar-refractivity contribution in [2.24, 2.45) is 10.7 Å². The van der Waals surface area contributed by atoms with Crippen molar-refractivity contribution in [3.05, 3.63) is 35.4 Å². The molecule has 0 bridgehead atoms. The maximum Gasteiger partial charge on any atom is 0.189 e. The van der Waals surface area contributed by atoms with Crippen molar-refractivity contribution in [3.63, 3.8) is 0 Å². The van der Waals surface area contributed by atoms with Crippen molar-refractivity contribution < 1.29 is 0 Å². The number of nitrogens with zero attached hydrogens (tertiary/aromatic N) is 1. The fourth-order valence-electron chi connectivity index (χ4n) is 2.49. The van der Waals surface area contributed by atoms with Crippen molar-refractivity contribution in [1.29, 1.82) is 0 Å². The molecule has 3 nitrogen and oxygen atoms in total. The number of aryl methyl sites for hydroxylation is 1. The molecule has 2 rings (SSSR count). The molecule has 0 aliphatic heterocycles. The molecule has 112 valence electrons. The second kappa shape index (κ2) is 6.33. The van der Waals surface area contributed by atoms with Gasteiger partial charge in [0.15, 0.2) is 5.96 Å². The lowest BCUT2D eigenvalue weighted by molar-refractivity contribution is 0.507. The molecule has 0 heterocycles. The van der Waals surface area contributed by atoms with Gasteiger partial charge in [-0.25, -0.2) is 0 Å². The minimum absolute atomic E-state index is 0. The normalized spacial score (nSPS) is 17.3. The van der Waals surface area contributed by atoms with E-state index in [2.05, 4.69) is 62.3 Å². The molecule has 4 heteroatoms. The number of benzene rings is 1. The highest BCUT2D eigenvalue weighted by molar-refractivity contribution is 14.0. The molecule has 0 atom stereocenters. The molecule has 3 N–H and O–H groups in total. The van der Waals surface area contributed by atoms with Crippen molar-refractivity contribution in [1.82, 2.24) is 5.32 Å². The van der Waals surface area contributed by atoms with Crippen molar-refractivity contribution in [3.8, 4) is 0 Å². The highest BCUT2D eigenvalue weighted by Crippen LogP contribution is 2.49. The van der Waals surface area contributed by atoms with Gasteiger partial charge in [-0.3, -0.25) is 4.99 Å². The third-order valence-corrected chi connectivity index (χ3v) is 3.63. The van der Waals surface area contributed by atoms with E-state index in [-0.39, 0.29) is 34.9 Å². The van der Waals surface area contributed by atoms with E-state index in [1.807, 2.05) is 0 Å². The Hall–Kier alpha value is -0.780. The Kier molecular flexibility index (Phi) is 5.46. The Bertz CT molecular complexity index is 485. The van der Waals surface area contributed by atoms with Crippen molar-refractivity contribution in [2.75, 3.05) is 6.54 Å². The van der Waals surface area contributed by atoms with Crippen LogP contribution in [0.5, 0.6) is 0 Å². The number of nitrogens with two attached hydrogens (primary N) is 1. The highest BCUT2D eigenvalue weighted by Gasteiger charge is 2.44. The summed E-state index contributed by atoms with van der Waals surface area (Å²) in [6.45, 7) is 9.22. The largest absolute Gasteiger partial charge is 0.370 e. The molecule has 1 aliphatic rings. The molecule has 1 saturated carbocycles. The zero-order chi connectivity index (χ0) is 14.1. The van der Waals surface area contributed by atoms with Gasteiger partial charge in [0, 0.05) is 11.0 Å². The third kappa shape index (κ3) is 4.36. The van der Waals surface area contributed by atoms with Gasteiger partial charge in [-0.15, -0.1) is 24.0 Å². The van der Waals surface area contributed by atoms with E-state index in [1.165, 1.54) is 24.0 Å². The van der Waals surface area contributed by atoms with Gasteiger partial charge in [-0.1, -0.05) is 24.3 Å². The predicted octanol–water partition coefficient (Wildman–Crippen LogP) is 3.35. The molecule has 0 radical (unpaired) electrons. The summed E-state index contributed by atoms with van der Waals surface area (Å²) < 4.78 is 0. The second-order valence-corrected chi connectivity index (χ2v) is 6.67. The molecule has 0 spiro atoms. The summed E-state index contributed by atoms with van der Waals surface area (Å²) in [5.41, 5.74) is 8.94. The average Bonchev–Trinajstić information content (AvgIpc) is 3.06. The van der Waals surface area contributed by atoms with E-state index < -0.39 is 0 Å². The molecule has 20 heavy (non-hydrogen) atoms. The lowest BCUT2D eigenvalue weighted by Crippen LogP contribution is -2.45. The lowest BCUT2D eigenvalue weighted by Gasteiger charge is -2.22. The van der Waals surface area contributed by atoms with E-state index >= 15 is 0 Å². The summed E-state index contributed by atoms with van der Waals surface area (Å²) in [5, 5.41) is 3.21. The molecule has 0 amide bonds. The lowest BCUT2D eigenvalue weighted by atomic mass is 9.92. The number of aliphatic imine (C=N–C) groups is 1. The van der Waals surface area contributed by atoms with Crippen LogP contribution >= 0.6 is 24.0 Å². The SMILES string of the molecule is Cc1ccccc1C1(CN=C(N)NC(C)(C)C)CC1.I. The van der Waals surface area contributed by atoms with Gasteiger partial charge >= 0.3 is 0 Å². The maximum absolute atomic E-state index is 5.95. The summed E-state index contributed by atoms with van der Waals surface area (Å²) >= 11 is 0. The van der Waals surface area contributed by atoms with Crippen molar-refractivity contribution in [2.45, 2.75) is 51.5 Å². The van der Waals surface area contributed by atoms with Gasteiger partial charge in [0.2, 0.25) is 0 Å². The predicted molar refractivity (Wildman–Crippen MR) is 96.9 cm³/mol. The zero-order valence-corrected chi connectivity index (χ0v) is 15.2. The second-order valence-electron chi connectivity index (χ2n) is 6.67. The summed E-state index contributed by atoms with van der Waals surface area (Å²) in [7, 11) is 0. The van der Waals surface area contributed by atoms with Crippen LogP contribution in [0.15, 0.2) is 29.3 Å². The number of rotatable bonds is 3. The van der Waals surface area contributed by atoms with Crippen LogP contribution in [0.2, 0.25) is 0 Å². The average molecular weight is 387 g/mol. The number of hydrogen-bond acceptors (Lipinski definition) is 1. The molecular weight excluding hydrogens is 361 g/mol. The van der Waals surface area contributed by atoms with E-state index in [4.69, 9.17) is 5.73 Å². The van der Waals surface area contributed by atoms with Gasteiger partial charge in [0.1, 0.15) is 0 Å². The number of nitrogens with one attached hydrogen (secondary N) is 1. The van der Waals surface area contributed by atoms with Crippen LogP contribution in [0, 0.1) is 6.92 Å². The molecule has 0 saturated heterocycles. The van der Waals surface area contributed by atoms with Crippen molar-refractivity contribution >= 4 is 29.9 Å². The van der Waals surface area contributed by atoms with Gasteiger partial charge in [0.25, 0.3) is 0 Å². The molecule has 1 aromatic carbocycles. The monoisotopic (exact) mass is 387 g/mol. The van der Waals surface area contributed by atoms with E-state index in [0.717, 1.165) is 6.54 Å². The summed E-state index contributed by atoms with van der Waals surface area (Å²) in [4.78, 5) is 4.54. The Morgan fingerprint density at radius 1 is 1.30 bits per heavy atom. The number of hydrogen-bond donors (Lipinski definition) is 2. The summed E-state index contributed by atoms with van der Waals surface area (Å²) in [5.74, 6) is 0.548. The minimum Gasteiger partial charge on any atom is -0.370 e. The van der Waals surface area contributed by atoms with Crippen LogP contribution in [-0.4, -0.2) is 18.0 Å². The molecule has 1 aromatic rings. The quantitative estimate of drug-likeness (QED) is 0.475. The summed E-state index contributed by atoms with van der Waals surface area (Å²) in [6, 6.07) is 8.61. The minimum atomic E-state index is -0.0348. The highest BCUT2D eigenvalue weighted by atomic mass is 127. The standard InChI is InChI=1S/C16H25N3.HI/c1-12-7-5-6-8-13(12)16(9-10-16)11-18-14(17)19-15(2,3)4;/h5-8H,9-11H2,1-4H3,(H3,17,18,19);1H. The number of guanidine groups is 1. The number of halogens is 1. The first-order valence-electron chi connectivity index (χ1n) is 6.97. The van der Waals surface area contributed by atoms with Gasteiger partial charge in [-0.05, 0) is 51.7 Å². The summed E-state index contributed by atoms with van der Waals surface area (Å²) in [6.07, 6.45) is 2.42. The maximum atomic E-state index is 5.95. The van der Waals surface area contributed by atoms with Crippen LogP contribution in [-0.2, 0) is 5.41 Å². The molecule has 0 aromatic heterocycles. The Labute approximate surface area is 139 Å². The van der Waals surface area contributed by atoms with Crippen LogP contribution in [0.3, 0.4) is 0 Å². The fraction of sp³-hybridized carbons (Fsp3) is 0.562. The topological polar surface area (TPSA) is 50.4 Å². The molecule has 0 unspecified atom stereocenters. The molecular formula is C16H26IN3. The van der Waals surface area contributed by atoms with Crippen LogP contribution < -0.4 is 11.1 Å². The molecule has 1 aliphatic carbocycles. The first-order valence-corrected chi connectivity index (χ1v) is 6.97. The third-order valence-electron chi connectivity index (χ3n) is 3.63. The molecule has 1 fully saturated rings. The Morgan fingerprint density at radius 3 is 2.40 bits per heavy atom. The van der Waals surface area contributed by atoms with Gasteiger partial charge in [0.05, 0.1) is 6.54 Å². The van der Waals surface area contributed by atoms with E-state index in [0.29, 0.717) is 5.96 Å². The van der Waals surface area contributed by atoms with Crippen LogP contribution in [0.1, 0.15) is 44.7 Å². The smallest absolute Gasteiger partial charge is 0.189 e. The first-order chi connectivity index (χ1) is 8.82. The van der Waals surface area contributed by atoms with E-state index in [1.54, 1.807) is 0 Å². The van der Waals surface area contributed by atoms with Gasteiger partial charge in [-0.2, -0.15) is 0 Å². The zero-order valence-electron chi connectivity index (χ0n) is 12.9. The Balaban J connectivity index is 0.00000200. The van der Waals surface area contributed by atoms with E-state index in [9.17, 15) is 0 Å². The van der Waals surface area contributed by atoms with Gasteiger partial charge < -0.3 is 11.1 Å². The first kappa shape index (κ1) is 17.3. The Morgan fingerprint density at radius 2 is 1.90 bits per heavy atom.